The van der Waals surface area contributed by atoms with Gasteiger partial charge in [-0.1, -0.05) is 0 Å². The molecule has 0 amide bonds. The van der Waals surface area contributed by atoms with Crippen molar-refractivity contribution < 1.29 is 120 Å². The third kappa shape index (κ3) is 23.0. The Hall–Kier alpha value is -1.57. The summed E-state index contributed by atoms with van der Waals surface area (Å²) in [6.07, 6.45) is -13.3. The highest BCUT2D eigenvalue weighted by molar-refractivity contribution is 7.79. The van der Waals surface area contributed by atoms with Gasteiger partial charge in [0.1, 0.15) is 90.1 Å². The zero-order valence-electron chi connectivity index (χ0n) is 59.3. The average Bonchev–Trinajstić information content (AvgIpc) is 0.790. The smallest absolute Gasteiger partial charge is 0.388 e. The topological polar surface area (TPSA) is 702 Å². The van der Waals surface area contributed by atoms with E-state index >= 15 is 0 Å². The predicted octanol–water partition coefficient (Wildman–Crippen LogP) is -11.5. The number of nitrogens with two attached hydrogens (primary N) is 11. The van der Waals surface area contributed by atoms with E-state index < -0.39 is 193 Å². The normalized spacial score (nSPS) is 49.1. The lowest BCUT2D eigenvalue weighted by molar-refractivity contribution is -0.307. The largest absolute Gasteiger partial charge is 0.394 e. The molecule has 9 fully saturated rings. The van der Waals surface area contributed by atoms with Gasteiger partial charge < -0.3 is 187 Å². The number of ether oxygens (including phenoxy) is 12. The molecule has 40 nitrogen and oxygen atoms in total. The second-order valence-corrected chi connectivity index (χ2v) is 30.1. The first-order valence-corrected chi connectivity index (χ1v) is 36.1. The summed E-state index contributed by atoms with van der Waals surface area (Å²) in [4.78, 5) is 0. The minimum Gasteiger partial charge on any atom is -0.388 e. The van der Waals surface area contributed by atoms with Crippen molar-refractivity contribution in [3.8, 4) is 0 Å². The summed E-state index contributed by atoms with van der Waals surface area (Å²) in [5, 5.41) is 108. The fraction of sp³-hybridized carbons (Fsp3) is 1.00. The van der Waals surface area contributed by atoms with Gasteiger partial charge in [-0.15, -0.1) is 0 Å². The molecule has 0 radical (unpaired) electrons. The SMILES string of the molecule is CN[C@@H]1[C@@H](O)[C@@H](O[C@@H]2[C@@H](O)[C@H](O[C@H]3O[C@@H]([C@@H](C)N)CC[C@H]3N)[C@@H](N)C[C@H]2N)OC[C@]1(C)O.CN[C@@H]1[C@@H](O)[C@@H](O[C@@H]2[C@@H](O)[C@H](O[C@H]3O[C@@H]([C@@H](C)NC)CC[C@H]3N)[C@@H](N)C[C@H]2N)OC[C@]1(C)O.CN[C@@H]1[C@@H](O)[C@@H](O[C@H]2[C@H](N)C[C@H](N)C(O[C@H]3O[C@H](CN)CC[C@H]3N)[C@@H]2O)OC[C@]1(C)O.O=S(=O)(O)O. The highest BCUT2D eigenvalue weighted by atomic mass is 32.3. The highest BCUT2D eigenvalue weighted by Gasteiger charge is 2.55. The molecule has 0 aromatic carbocycles. The van der Waals surface area contributed by atoms with Gasteiger partial charge in [-0.05, 0) is 121 Å². The lowest BCUT2D eigenvalue weighted by Crippen LogP contribution is -2.68. The van der Waals surface area contributed by atoms with Crippen LogP contribution < -0.4 is 84.3 Å². The second-order valence-electron chi connectivity index (χ2n) is 29.2. The molecule has 3 aliphatic carbocycles. The number of rotatable bonds is 19. The van der Waals surface area contributed by atoms with Crippen LogP contribution in [0.3, 0.4) is 0 Å². The minimum absolute atomic E-state index is 0.0620. The first-order valence-electron chi connectivity index (χ1n) is 34.7. The number of aliphatic hydroxyl groups is 9. The van der Waals surface area contributed by atoms with Crippen LogP contribution in [-0.2, 0) is 67.2 Å². The molecule has 0 bridgehead atoms. The van der Waals surface area contributed by atoms with Crippen molar-refractivity contribution in [1.29, 1.82) is 0 Å². The van der Waals surface area contributed by atoms with E-state index in [1.165, 1.54) is 0 Å². The molecule has 9 rings (SSSR count). The molecule has 6 heterocycles. The van der Waals surface area contributed by atoms with Crippen LogP contribution in [0.2, 0.25) is 0 Å². The molecule has 6 aliphatic heterocycles. The molecular formula is C60H125N15O25S. The lowest BCUT2D eigenvalue weighted by atomic mass is 9.84. The molecule has 6 saturated heterocycles. The maximum Gasteiger partial charge on any atom is 0.394 e. The van der Waals surface area contributed by atoms with E-state index in [-0.39, 0.29) is 68.3 Å². The number of likely N-dealkylation sites (N-methyl/N-ethyl adjacent to an activating group) is 4. The number of aliphatic hydroxyl groups excluding tert-OH is 6. The Morgan fingerprint density at radius 3 is 0.950 bits per heavy atom. The Balaban J connectivity index is 0.000000230. The van der Waals surface area contributed by atoms with E-state index in [9.17, 15) is 46.0 Å². The number of hydrogen-bond acceptors (Lipinski definition) is 38. The van der Waals surface area contributed by atoms with E-state index in [0.717, 1.165) is 19.3 Å². The minimum atomic E-state index is -4.67. The van der Waals surface area contributed by atoms with E-state index in [4.69, 9.17) is 137 Å². The molecule has 37 N–H and O–H groups in total. The number of hydrogen-bond donors (Lipinski definition) is 26. The zero-order chi connectivity index (χ0) is 75.7. The molecule has 3 saturated carbocycles. The van der Waals surface area contributed by atoms with Crippen LogP contribution in [0.15, 0.2) is 0 Å². The Kier molecular flexibility index (Phi) is 33.4. The summed E-state index contributed by atoms with van der Waals surface area (Å²) in [6, 6.07) is -6.84. The van der Waals surface area contributed by atoms with Crippen LogP contribution in [0, 0.1) is 0 Å². The van der Waals surface area contributed by atoms with Gasteiger partial charge in [0.2, 0.25) is 0 Å². The monoisotopic (exact) mass is 1490 g/mol. The summed E-state index contributed by atoms with van der Waals surface area (Å²) >= 11 is 0. The maximum atomic E-state index is 11.1. The third-order valence-electron chi connectivity index (χ3n) is 20.6. The zero-order valence-corrected chi connectivity index (χ0v) is 60.1. The van der Waals surface area contributed by atoms with Crippen LogP contribution in [0.1, 0.15) is 92.4 Å². The van der Waals surface area contributed by atoms with Crippen LogP contribution in [0.5, 0.6) is 0 Å². The molecular weight excluding hydrogens is 1360 g/mol. The Morgan fingerprint density at radius 1 is 0.426 bits per heavy atom. The van der Waals surface area contributed by atoms with Gasteiger partial charge >= 0.3 is 10.4 Å². The second kappa shape index (κ2) is 38.2. The van der Waals surface area contributed by atoms with Crippen molar-refractivity contribution in [2.45, 2.75) is 323 Å². The quantitative estimate of drug-likeness (QED) is 0.0534. The summed E-state index contributed by atoms with van der Waals surface area (Å²) in [6.45, 7) is 8.70. The van der Waals surface area contributed by atoms with E-state index in [2.05, 4.69) is 21.3 Å². The molecule has 0 aromatic rings. The van der Waals surface area contributed by atoms with Crippen molar-refractivity contribution in [3.05, 3.63) is 0 Å². The molecule has 38 atom stereocenters. The first-order chi connectivity index (χ1) is 47.0. The van der Waals surface area contributed by atoms with Gasteiger partial charge in [-0.3, -0.25) is 9.11 Å². The molecule has 596 valence electrons. The molecule has 0 spiro atoms. The van der Waals surface area contributed by atoms with Gasteiger partial charge in [0, 0.05) is 54.9 Å². The van der Waals surface area contributed by atoms with Gasteiger partial charge in [-0.25, -0.2) is 0 Å². The van der Waals surface area contributed by atoms with Gasteiger partial charge in [0.15, 0.2) is 37.7 Å². The first kappa shape index (κ1) is 88.3. The van der Waals surface area contributed by atoms with Crippen LogP contribution in [-0.4, -0.2) is 349 Å². The molecule has 41 heteroatoms. The summed E-state index contributed by atoms with van der Waals surface area (Å²) in [5.41, 5.74) is 63.8. The molecule has 9 aliphatic rings. The van der Waals surface area contributed by atoms with Crippen molar-refractivity contribution in [2.75, 3.05) is 54.6 Å². The average molecular weight is 1490 g/mol. The van der Waals surface area contributed by atoms with Gasteiger partial charge in [0.25, 0.3) is 0 Å². The standard InChI is InChI=1S/C21H43N5O7.C20H41N5O7.C19H39N5O7.H2O4S/c1-9(25-3)13-6-5-10(22)19(31-13)32-16-11(23)7-12(24)17(14(16)27)33-20-15(28)18(26-4)21(2,29)8-30-20;1-8(21)12-5-4-9(22)18(30-12)31-15-10(23)6-11(24)16(13(15)26)32-19-14(27)17(25-3)20(2,28)7-29-19;1-19(27)7-28-18(13(26)16(19)24-2)31-15-11(23)5-10(22)14(12(15)25)30-17-9(21)4-3-8(6-20)29-17;1-5(2,3)4/h9-20,25-29H,5-8,22-24H2,1-4H3;8-19,25-28H,4-7,21-24H2,1-3H3;8-18,24-27H,3-7,20-23H2,1-2H3;(H2,1,2,3,4)/t9-,10-,11+,12-,13-,14+,15-,16-,17+,18-,19-,20-,21+;8-,9-,10+,11-,12-,13+,14-,15-,16+,17-,18-,19-,20+;8-,9+,10-,11+,12-,13+,14?,15-,16+,17+,18+,19-;/m110./s1. The van der Waals surface area contributed by atoms with Gasteiger partial charge in [-0.2, -0.15) is 8.42 Å². The molecule has 1 unspecified atom stereocenters. The fourth-order valence-corrected chi connectivity index (χ4v) is 14.6. The van der Waals surface area contributed by atoms with Crippen LogP contribution in [0.4, 0.5) is 0 Å². The number of nitrogens with one attached hydrogen (secondary N) is 4. The lowest BCUT2D eigenvalue weighted by Gasteiger charge is -2.48. The van der Waals surface area contributed by atoms with E-state index in [0.29, 0.717) is 45.1 Å². The van der Waals surface area contributed by atoms with Crippen LogP contribution in [0.25, 0.3) is 0 Å². The van der Waals surface area contributed by atoms with Crippen molar-refractivity contribution in [3.63, 3.8) is 0 Å². The summed E-state index contributed by atoms with van der Waals surface area (Å²) in [5.74, 6) is 0. The molecule has 0 aromatic heterocycles. The Morgan fingerprint density at radius 2 is 0.683 bits per heavy atom. The van der Waals surface area contributed by atoms with Gasteiger partial charge in [0.05, 0.1) is 74.4 Å². The highest BCUT2D eigenvalue weighted by Crippen LogP contribution is 2.36. The molecule has 101 heavy (non-hydrogen) atoms. The Labute approximate surface area is 590 Å². The van der Waals surface area contributed by atoms with E-state index in [1.54, 1.807) is 41.9 Å². The van der Waals surface area contributed by atoms with E-state index in [1.807, 2.05) is 20.9 Å². The summed E-state index contributed by atoms with van der Waals surface area (Å²) < 4.78 is 102. The van der Waals surface area contributed by atoms with Crippen molar-refractivity contribution >= 4 is 10.4 Å². The fourth-order valence-electron chi connectivity index (χ4n) is 14.6. The Bertz CT molecular complexity index is 2560. The van der Waals surface area contributed by atoms with Crippen molar-refractivity contribution in [2.24, 2.45) is 63.1 Å². The van der Waals surface area contributed by atoms with Crippen LogP contribution >= 0.6 is 0 Å². The predicted molar refractivity (Wildman–Crippen MR) is 360 cm³/mol. The summed E-state index contributed by atoms with van der Waals surface area (Å²) in [7, 11) is 2.07. The van der Waals surface area contributed by atoms with Crippen molar-refractivity contribution in [1.82, 2.24) is 21.3 Å². The maximum absolute atomic E-state index is 11.1. The third-order valence-corrected chi connectivity index (χ3v) is 20.6.